The molecule has 0 aromatic heterocycles. The van der Waals surface area contributed by atoms with Crippen LogP contribution in [0, 0.1) is 0 Å². The molecule has 2 heterocycles. The van der Waals surface area contributed by atoms with Crippen LogP contribution in [0.2, 0.25) is 10.0 Å². The van der Waals surface area contributed by atoms with Gasteiger partial charge in [0.25, 0.3) is 0 Å². The summed E-state index contributed by atoms with van der Waals surface area (Å²) in [6.07, 6.45) is 0. The number of halogens is 2. The van der Waals surface area contributed by atoms with E-state index in [1.54, 1.807) is 24.3 Å². The maximum Gasteiger partial charge on any atom is 1.00 e. The SMILES string of the molecule is O=C1OC2(c3cc(Cl)c([O-])cc3Oc3cc([O-])c(Cl)cc32)c2ccccc21.[Na+].[Na+]. The van der Waals surface area contributed by atoms with Crippen molar-refractivity contribution in [2.75, 3.05) is 0 Å². The molecule has 0 bridgehead atoms. The molecule has 0 aliphatic carbocycles. The Bertz CT molecular complexity index is 1110. The molecule has 5 rings (SSSR count). The molecular weight excluding hydrogens is 437 g/mol. The second kappa shape index (κ2) is 7.98. The smallest absolute Gasteiger partial charge is 0.871 e. The van der Waals surface area contributed by atoms with Gasteiger partial charge in [-0.2, -0.15) is 0 Å². The van der Waals surface area contributed by atoms with Gasteiger partial charge in [0.1, 0.15) is 11.5 Å². The zero-order valence-electron chi connectivity index (χ0n) is 15.4. The summed E-state index contributed by atoms with van der Waals surface area (Å²) in [7, 11) is 0. The molecule has 0 fully saturated rings. The minimum Gasteiger partial charge on any atom is -0.871 e. The maximum atomic E-state index is 12.6. The summed E-state index contributed by atoms with van der Waals surface area (Å²) in [5.74, 6) is -1.08. The summed E-state index contributed by atoms with van der Waals surface area (Å²) in [6.45, 7) is 0. The fourth-order valence-corrected chi connectivity index (χ4v) is 4.00. The number of esters is 1. The summed E-state index contributed by atoms with van der Waals surface area (Å²) in [6, 6.07) is 12.2. The average molecular weight is 445 g/mol. The second-order valence-corrected chi connectivity index (χ2v) is 7.09. The molecular formula is C20H8Cl2Na2O5. The van der Waals surface area contributed by atoms with E-state index in [4.69, 9.17) is 32.7 Å². The van der Waals surface area contributed by atoms with E-state index in [9.17, 15) is 15.0 Å². The molecule has 0 atom stereocenters. The normalized spacial score (nSPS) is 14.5. The van der Waals surface area contributed by atoms with Gasteiger partial charge in [0.05, 0.1) is 5.56 Å². The van der Waals surface area contributed by atoms with Crippen molar-refractivity contribution in [3.05, 3.63) is 80.8 Å². The molecule has 9 heteroatoms. The predicted molar refractivity (Wildman–Crippen MR) is 93.6 cm³/mol. The molecule has 5 nitrogen and oxygen atoms in total. The van der Waals surface area contributed by atoms with Crippen LogP contribution >= 0.6 is 23.2 Å². The van der Waals surface area contributed by atoms with E-state index < -0.39 is 23.1 Å². The van der Waals surface area contributed by atoms with Gasteiger partial charge in [-0.3, -0.25) is 0 Å². The third-order valence-electron chi connectivity index (χ3n) is 4.82. The van der Waals surface area contributed by atoms with Crippen LogP contribution in [0.15, 0.2) is 48.5 Å². The molecule has 0 unspecified atom stereocenters. The van der Waals surface area contributed by atoms with Gasteiger partial charge in [-0.25, -0.2) is 4.79 Å². The van der Waals surface area contributed by atoms with E-state index in [2.05, 4.69) is 0 Å². The molecule has 3 aromatic carbocycles. The van der Waals surface area contributed by atoms with Crippen molar-refractivity contribution in [2.24, 2.45) is 0 Å². The molecule has 29 heavy (non-hydrogen) atoms. The van der Waals surface area contributed by atoms with E-state index >= 15 is 0 Å². The van der Waals surface area contributed by atoms with E-state index in [-0.39, 0.29) is 80.7 Å². The van der Waals surface area contributed by atoms with Crippen LogP contribution in [-0.2, 0) is 10.3 Å². The first-order valence-corrected chi connectivity index (χ1v) is 8.70. The molecule has 3 aromatic rings. The zero-order chi connectivity index (χ0) is 18.9. The van der Waals surface area contributed by atoms with Crippen molar-refractivity contribution in [1.82, 2.24) is 0 Å². The monoisotopic (exact) mass is 444 g/mol. The van der Waals surface area contributed by atoms with Crippen molar-refractivity contribution in [2.45, 2.75) is 5.60 Å². The van der Waals surface area contributed by atoms with Crippen LogP contribution in [0.25, 0.3) is 0 Å². The van der Waals surface area contributed by atoms with Crippen LogP contribution in [0.5, 0.6) is 23.0 Å². The summed E-state index contributed by atoms with van der Waals surface area (Å²) >= 11 is 12.1. The fraction of sp³-hybridized carbons (Fsp3) is 0.0500. The summed E-state index contributed by atoms with van der Waals surface area (Å²) in [5.41, 5.74) is 0.317. The van der Waals surface area contributed by atoms with Crippen molar-refractivity contribution in [3.8, 4) is 23.0 Å². The van der Waals surface area contributed by atoms with Crippen LogP contribution in [0.3, 0.4) is 0 Å². The van der Waals surface area contributed by atoms with Crippen LogP contribution in [0.4, 0.5) is 0 Å². The first kappa shape index (κ1) is 22.8. The van der Waals surface area contributed by atoms with Crippen molar-refractivity contribution in [3.63, 3.8) is 0 Å². The molecule has 0 N–H and O–H groups in total. The third-order valence-corrected chi connectivity index (χ3v) is 5.41. The number of fused-ring (bicyclic) bond motifs is 6. The Morgan fingerprint density at radius 2 is 1.31 bits per heavy atom. The topological polar surface area (TPSA) is 81.7 Å². The first-order chi connectivity index (χ1) is 12.9. The summed E-state index contributed by atoms with van der Waals surface area (Å²) in [4.78, 5) is 12.6. The number of benzene rings is 3. The standard InChI is InChI=1S/C20H10Cl2O5.2Na/c21-13-5-11-17(7-15(13)23)26-18-8-16(24)14(22)6-12(18)20(11)10-4-2-1-3-9(10)19(25)27-20;;/h1-8,23-24H;;/q;2*+1/p-2. The minimum atomic E-state index is -1.41. The Hall–Kier alpha value is -0.890. The van der Waals surface area contributed by atoms with Gasteiger partial charge < -0.3 is 19.7 Å². The number of hydrogen-bond acceptors (Lipinski definition) is 5. The summed E-state index contributed by atoms with van der Waals surface area (Å²) in [5, 5.41) is 24.0. The number of ether oxygens (including phenoxy) is 2. The predicted octanol–water partition coefficient (Wildman–Crippen LogP) is -2.28. The molecule has 0 saturated heterocycles. The minimum absolute atomic E-state index is 0. The van der Waals surface area contributed by atoms with Gasteiger partial charge in [0, 0.05) is 26.7 Å². The molecule has 0 radical (unpaired) electrons. The average Bonchev–Trinajstić information content (AvgIpc) is 2.93. The van der Waals surface area contributed by atoms with Gasteiger partial charge in [-0.05, 0) is 30.3 Å². The number of hydrogen-bond donors (Lipinski definition) is 0. The van der Waals surface area contributed by atoms with E-state index in [1.165, 1.54) is 24.3 Å². The van der Waals surface area contributed by atoms with Crippen molar-refractivity contribution >= 4 is 29.2 Å². The maximum absolute atomic E-state index is 12.6. The molecule has 134 valence electrons. The number of rotatable bonds is 0. The van der Waals surface area contributed by atoms with E-state index in [1.807, 2.05) is 0 Å². The van der Waals surface area contributed by atoms with Gasteiger partial charge in [0.15, 0.2) is 5.60 Å². The molecule has 2 aliphatic rings. The largest absolute Gasteiger partial charge is 1.00 e. The van der Waals surface area contributed by atoms with E-state index in [0.29, 0.717) is 22.3 Å². The van der Waals surface area contributed by atoms with Crippen LogP contribution in [0.1, 0.15) is 27.0 Å². The van der Waals surface area contributed by atoms with Gasteiger partial charge in [0.2, 0.25) is 0 Å². The van der Waals surface area contributed by atoms with Gasteiger partial charge >= 0.3 is 65.1 Å². The summed E-state index contributed by atoms with van der Waals surface area (Å²) < 4.78 is 11.6. The van der Waals surface area contributed by atoms with Crippen LogP contribution < -0.4 is 74.1 Å². The van der Waals surface area contributed by atoms with Gasteiger partial charge in [-0.1, -0.05) is 52.9 Å². The molecule has 0 amide bonds. The molecule has 1 spiro atoms. The molecule has 2 aliphatic heterocycles. The van der Waals surface area contributed by atoms with E-state index in [0.717, 1.165) is 0 Å². The Balaban J connectivity index is 0.00000120. The Morgan fingerprint density at radius 1 is 0.793 bits per heavy atom. The Kier molecular flexibility index (Phi) is 6.27. The second-order valence-electron chi connectivity index (χ2n) is 6.28. The zero-order valence-corrected chi connectivity index (χ0v) is 20.9. The first-order valence-electron chi connectivity index (χ1n) is 7.94. The van der Waals surface area contributed by atoms with Crippen molar-refractivity contribution in [1.29, 1.82) is 0 Å². The van der Waals surface area contributed by atoms with Crippen LogP contribution in [-0.4, -0.2) is 5.97 Å². The molecule has 0 saturated carbocycles. The number of carbonyl (C=O) groups is 1. The van der Waals surface area contributed by atoms with Crippen molar-refractivity contribution < 1.29 is 83.6 Å². The Morgan fingerprint density at radius 3 is 1.86 bits per heavy atom. The Labute approximate surface area is 220 Å². The number of carbonyl (C=O) groups excluding carboxylic acids is 1. The quantitative estimate of drug-likeness (QED) is 0.288. The third kappa shape index (κ3) is 3.20. The van der Waals surface area contributed by atoms with Gasteiger partial charge in [-0.15, -0.1) is 0 Å². The fourth-order valence-electron chi connectivity index (χ4n) is 3.67.